The van der Waals surface area contributed by atoms with E-state index in [1.165, 1.54) is 12.1 Å². The number of nitrogens with zero attached hydrogens (tertiary/aromatic N) is 1. The number of halogens is 1. The van der Waals surface area contributed by atoms with Gasteiger partial charge in [-0.3, -0.25) is 4.79 Å². The zero-order chi connectivity index (χ0) is 15.1. The van der Waals surface area contributed by atoms with Gasteiger partial charge in [0.2, 0.25) is 0 Å². The Balaban J connectivity index is 2.92. The zero-order valence-corrected chi connectivity index (χ0v) is 12.2. The van der Waals surface area contributed by atoms with Crippen molar-refractivity contribution in [1.82, 2.24) is 4.90 Å². The van der Waals surface area contributed by atoms with Crippen molar-refractivity contribution >= 4 is 5.91 Å². The molecule has 0 fully saturated rings. The summed E-state index contributed by atoms with van der Waals surface area (Å²) in [6.45, 7) is 4.23. The predicted molar refractivity (Wildman–Crippen MR) is 78.8 cm³/mol. The maximum Gasteiger partial charge on any atom is 0.253 e. The largest absolute Gasteiger partial charge is 0.339 e. The Kier molecular flexibility index (Phi) is 6.20. The Hall–Kier alpha value is -1.86. The lowest BCUT2D eigenvalue weighted by Crippen LogP contribution is -2.35. The molecule has 0 radical (unpaired) electrons. The van der Waals surface area contributed by atoms with Gasteiger partial charge in [0.25, 0.3) is 5.91 Å². The van der Waals surface area contributed by atoms with Crippen molar-refractivity contribution in [2.24, 2.45) is 5.73 Å². The van der Waals surface area contributed by atoms with E-state index in [1.54, 1.807) is 18.0 Å². The maximum absolute atomic E-state index is 13.8. The molecule has 1 amide bonds. The minimum absolute atomic E-state index is 0.132. The Morgan fingerprint density at radius 1 is 1.50 bits per heavy atom. The lowest BCUT2D eigenvalue weighted by Gasteiger charge is -2.24. The normalized spacial score (nSPS) is 11.4. The standard InChI is InChI=1S/C16H21FN2O/c1-4-6-12(2)19(3)16(20)14-9-8-13(7-5-10-18)15(17)11-14/h8-9,11-12H,4,6,10,18H2,1-3H3. The molecule has 2 N–H and O–H groups in total. The molecule has 4 heteroatoms. The highest BCUT2D eigenvalue weighted by molar-refractivity contribution is 5.94. The maximum atomic E-state index is 13.8. The van der Waals surface area contributed by atoms with E-state index in [9.17, 15) is 9.18 Å². The van der Waals surface area contributed by atoms with Crippen molar-refractivity contribution in [3.8, 4) is 11.8 Å². The number of carbonyl (C=O) groups excluding carboxylic acids is 1. The number of hydrogen-bond donors (Lipinski definition) is 1. The molecular formula is C16H21FN2O. The molecule has 0 aliphatic carbocycles. The molecule has 1 aromatic rings. The smallest absolute Gasteiger partial charge is 0.253 e. The fraction of sp³-hybridized carbons (Fsp3) is 0.438. The number of amides is 1. The van der Waals surface area contributed by atoms with E-state index in [2.05, 4.69) is 18.8 Å². The molecule has 0 aliphatic rings. The third-order valence-electron chi connectivity index (χ3n) is 3.23. The van der Waals surface area contributed by atoms with Crippen LogP contribution in [-0.2, 0) is 0 Å². The highest BCUT2D eigenvalue weighted by atomic mass is 19.1. The van der Waals surface area contributed by atoms with Gasteiger partial charge in [0.1, 0.15) is 5.82 Å². The van der Waals surface area contributed by atoms with Crippen molar-refractivity contribution in [3.05, 3.63) is 35.1 Å². The van der Waals surface area contributed by atoms with E-state index < -0.39 is 5.82 Å². The van der Waals surface area contributed by atoms with Crippen molar-refractivity contribution in [2.75, 3.05) is 13.6 Å². The second-order valence-corrected chi connectivity index (χ2v) is 4.75. The van der Waals surface area contributed by atoms with E-state index in [0.717, 1.165) is 12.8 Å². The molecule has 0 bridgehead atoms. The van der Waals surface area contributed by atoms with Crippen LogP contribution in [0.4, 0.5) is 4.39 Å². The minimum atomic E-state index is -0.492. The van der Waals surface area contributed by atoms with Gasteiger partial charge in [-0.25, -0.2) is 4.39 Å². The van der Waals surface area contributed by atoms with Crippen LogP contribution in [0.1, 0.15) is 42.6 Å². The van der Waals surface area contributed by atoms with Crippen LogP contribution in [0, 0.1) is 17.7 Å². The molecule has 1 rings (SSSR count). The molecule has 0 aliphatic heterocycles. The Morgan fingerprint density at radius 2 is 2.20 bits per heavy atom. The molecule has 0 saturated heterocycles. The van der Waals surface area contributed by atoms with Crippen LogP contribution in [0.2, 0.25) is 0 Å². The zero-order valence-electron chi connectivity index (χ0n) is 12.2. The van der Waals surface area contributed by atoms with Crippen LogP contribution in [0.3, 0.4) is 0 Å². The molecule has 1 unspecified atom stereocenters. The van der Waals surface area contributed by atoms with E-state index in [1.807, 2.05) is 6.92 Å². The Bertz CT molecular complexity index is 531. The first-order chi connectivity index (χ1) is 9.51. The van der Waals surface area contributed by atoms with Crippen molar-refractivity contribution in [1.29, 1.82) is 0 Å². The summed E-state index contributed by atoms with van der Waals surface area (Å²) in [6, 6.07) is 4.48. The molecule has 1 atom stereocenters. The highest BCUT2D eigenvalue weighted by Gasteiger charge is 2.17. The molecule has 3 nitrogen and oxygen atoms in total. The number of nitrogens with two attached hydrogens (primary N) is 1. The monoisotopic (exact) mass is 276 g/mol. The lowest BCUT2D eigenvalue weighted by molar-refractivity contribution is 0.0736. The van der Waals surface area contributed by atoms with Crippen molar-refractivity contribution in [2.45, 2.75) is 32.7 Å². The van der Waals surface area contributed by atoms with Crippen molar-refractivity contribution in [3.63, 3.8) is 0 Å². The second-order valence-electron chi connectivity index (χ2n) is 4.75. The van der Waals surface area contributed by atoms with E-state index in [-0.39, 0.29) is 24.1 Å². The van der Waals surface area contributed by atoms with E-state index in [0.29, 0.717) is 5.56 Å². The Labute approximate surface area is 120 Å². The van der Waals surface area contributed by atoms with Gasteiger partial charge < -0.3 is 10.6 Å². The Morgan fingerprint density at radius 3 is 2.75 bits per heavy atom. The first kappa shape index (κ1) is 16.2. The van der Waals surface area contributed by atoms with Gasteiger partial charge in [-0.1, -0.05) is 25.2 Å². The molecule has 108 valence electrons. The van der Waals surface area contributed by atoms with Crippen LogP contribution >= 0.6 is 0 Å². The summed E-state index contributed by atoms with van der Waals surface area (Å²) >= 11 is 0. The van der Waals surface area contributed by atoms with Crippen LogP contribution in [0.5, 0.6) is 0 Å². The van der Waals surface area contributed by atoms with Crippen LogP contribution in [0.15, 0.2) is 18.2 Å². The van der Waals surface area contributed by atoms with Gasteiger partial charge in [-0.2, -0.15) is 0 Å². The lowest BCUT2D eigenvalue weighted by atomic mass is 10.1. The molecule has 0 heterocycles. The van der Waals surface area contributed by atoms with Gasteiger partial charge >= 0.3 is 0 Å². The number of hydrogen-bond acceptors (Lipinski definition) is 2. The van der Waals surface area contributed by atoms with Crippen molar-refractivity contribution < 1.29 is 9.18 Å². The van der Waals surface area contributed by atoms with Crippen LogP contribution < -0.4 is 5.73 Å². The summed E-state index contributed by atoms with van der Waals surface area (Å²) < 4.78 is 13.8. The SMILES string of the molecule is CCCC(C)N(C)C(=O)c1ccc(C#CCN)c(F)c1. The molecular weight excluding hydrogens is 255 g/mol. The molecule has 1 aromatic carbocycles. The number of benzene rings is 1. The molecule has 0 spiro atoms. The topological polar surface area (TPSA) is 46.3 Å². The van der Waals surface area contributed by atoms with Gasteiger partial charge in [0, 0.05) is 18.7 Å². The number of rotatable bonds is 4. The first-order valence-electron chi connectivity index (χ1n) is 6.76. The van der Waals surface area contributed by atoms with Gasteiger partial charge in [0.05, 0.1) is 12.1 Å². The predicted octanol–water partition coefficient (Wildman–Crippen LogP) is 2.40. The molecule has 0 aromatic heterocycles. The third-order valence-corrected chi connectivity index (χ3v) is 3.23. The van der Waals surface area contributed by atoms with Gasteiger partial charge in [-0.15, -0.1) is 0 Å². The second kappa shape index (κ2) is 7.66. The van der Waals surface area contributed by atoms with Gasteiger partial charge in [-0.05, 0) is 31.5 Å². The summed E-state index contributed by atoms with van der Waals surface area (Å²) in [5.41, 5.74) is 5.85. The third kappa shape index (κ3) is 4.07. The number of carbonyl (C=O) groups is 1. The summed E-state index contributed by atoms with van der Waals surface area (Å²) in [5, 5.41) is 0. The summed E-state index contributed by atoms with van der Waals surface area (Å²) in [6.07, 6.45) is 1.92. The fourth-order valence-electron chi connectivity index (χ4n) is 1.91. The van der Waals surface area contributed by atoms with E-state index in [4.69, 9.17) is 5.73 Å². The van der Waals surface area contributed by atoms with Crippen LogP contribution in [-0.4, -0.2) is 30.4 Å². The summed E-state index contributed by atoms with van der Waals surface area (Å²) in [7, 11) is 1.74. The van der Waals surface area contributed by atoms with E-state index >= 15 is 0 Å². The quantitative estimate of drug-likeness (QED) is 0.858. The fourth-order valence-corrected chi connectivity index (χ4v) is 1.91. The average Bonchev–Trinajstić information content (AvgIpc) is 2.44. The van der Waals surface area contributed by atoms with Crippen LogP contribution in [0.25, 0.3) is 0 Å². The minimum Gasteiger partial charge on any atom is -0.339 e. The molecule has 0 saturated carbocycles. The highest BCUT2D eigenvalue weighted by Crippen LogP contribution is 2.14. The summed E-state index contributed by atoms with van der Waals surface area (Å²) in [4.78, 5) is 13.9. The summed E-state index contributed by atoms with van der Waals surface area (Å²) in [5.74, 6) is 4.56. The first-order valence-corrected chi connectivity index (χ1v) is 6.76. The molecule has 20 heavy (non-hydrogen) atoms. The van der Waals surface area contributed by atoms with Gasteiger partial charge in [0.15, 0.2) is 0 Å². The average molecular weight is 276 g/mol.